The summed E-state index contributed by atoms with van der Waals surface area (Å²) in [6.45, 7) is 6.62. The number of carbonyl (C=O) groups is 2. The molecule has 1 aliphatic rings. The van der Waals surface area contributed by atoms with E-state index in [1.165, 1.54) is 16.2 Å². The molecule has 34 heavy (non-hydrogen) atoms. The molecule has 0 radical (unpaired) electrons. The summed E-state index contributed by atoms with van der Waals surface area (Å²) < 4.78 is 5.59. The van der Waals surface area contributed by atoms with Crippen molar-refractivity contribution < 1.29 is 14.3 Å². The Labute approximate surface area is 209 Å². The number of benzene rings is 2. The van der Waals surface area contributed by atoms with Crippen LogP contribution in [0.5, 0.6) is 5.75 Å². The minimum absolute atomic E-state index is 0.158. The lowest BCUT2D eigenvalue weighted by Gasteiger charge is -2.33. The van der Waals surface area contributed by atoms with Crippen molar-refractivity contribution in [3.8, 4) is 5.75 Å². The van der Waals surface area contributed by atoms with Crippen molar-refractivity contribution in [2.45, 2.75) is 40.0 Å². The zero-order chi connectivity index (χ0) is 24.3. The van der Waals surface area contributed by atoms with Crippen LogP contribution in [0, 0.1) is 11.3 Å². The molecule has 2 aromatic carbocycles. The van der Waals surface area contributed by atoms with Gasteiger partial charge in [0.05, 0.1) is 5.56 Å². The third-order valence-corrected chi connectivity index (χ3v) is 7.61. The van der Waals surface area contributed by atoms with Gasteiger partial charge in [0.15, 0.2) is 6.61 Å². The van der Waals surface area contributed by atoms with E-state index in [0.29, 0.717) is 27.3 Å². The molecular weight excluding hydrogens is 468 g/mol. The van der Waals surface area contributed by atoms with Gasteiger partial charge < -0.3 is 15.4 Å². The Morgan fingerprint density at radius 3 is 2.44 bits per heavy atom. The molecule has 1 unspecified atom stereocenters. The van der Waals surface area contributed by atoms with Gasteiger partial charge in [0, 0.05) is 15.6 Å². The summed E-state index contributed by atoms with van der Waals surface area (Å²) in [6, 6.07) is 16.2. The van der Waals surface area contributed by atoms with Gasteiger partial charge in [0.2, 0.25) is 0 Å². The number of amides is 2. The molecule has 2 amide bonds. The smallest absolute Gasteiger partial charge is 0.262 e. The molecule has 0 fully saturated rings. The fourth-order valence-corrected chi connectivity index (χ4v) is 5.68. The molecular formula is C27H29ClN2O3S. The molecule has 5 nitrogen and oxygen atoms in total. The number of rotatable bonds is 6. The van der Waals surface area contributed by atoms with Crippen molar-refractivity contribution in [3.05, 3.63) is 75.6 Å². The number of anilines is 2. The largest absolute Gasteiger partial charge is 0.484 e. The van der Waals surface area contributed by atoms with E-state index in [-0.39, 0.29) is 23.8 Å². The number of fused-ring (bicyclic) bond motifs is 1. The fraction of sp³-hybridized carbons (Fsp3) is 0.333. The summed E-state index contributed by atoms with van der Waals surface area (Å²) in [6.07, 6.45) is 2.75. The Morgan fingerprint density at radius 1 is 1.06 bits per heavy atom. The van der Waals surface area contributed by atoms with E-state index in [2.05, 4.69) is 31.4 Å². The van der Waals surface area contributed by atoms with Crippen molar-refractivity contribution in [2.75, 3.05) is 17.2 Å². The van der Waals surface area contributed by atoms with Gasteiger partial charge in [0.25, 0.3) is 11.8 Å². The van der Waals surface area contributed by atoms with Gasteiger partial charge in [-0.2, -0.15) is 0 Å². The first-order valence-electron chi connectivity index (χ1n) is 11.4. The molecule has 0 saturated carbocycles. The maximum Gasteiger partial charge on any atom is 0.262 e. The predicted octanol–water partition coefficient (Wildman–Crippen LogP) is 6.82. The second-order valence-corrected chi connectivity index (χ2v) is 11.2. The lowest BCUT2D eigenvalue weighted by atomic mass is 9.72. The van der Waals surface area contributed by atoms with Crippen LogP contribution in [0.3, 0.4) is 0 Å². The maximum absolute atomic E-state index is 13.3. The van der Waals surface area contributed by atoms with E-state index >= 15 is 0 Å². The van der Waals surface area contributed by atoms with Gasteiger partial charge in [-0.3, -0.25) is 9.59 Å². The Morgan fingerprint density at radius 2 is 1.76 bits per heavy atom. The van der Waals surface area contributed by atoms with E-state index in [0.717, 1.165) is 30.5 Å². The molecule has 1 aromatic heterocycles. The number of carbonyl (C=O) groups excluding carboxylic acids is 2. The molecule has 0 aliphatic heterocycles. The molecule has 4 rings (SSSR count). The first kappa shape index (κ1) is 24.3. The summed E-state index contributed by atoms with van der Waals surface area (Å²) in [5, 5.41) is 7.10. The Kier molecular flexibility index (Phi) is 7.29. The minimum Gasteiger partial charge on any atom is -0.484 e. The number of hydrogen-bond acceptors (Lipinski definition) is 4. The van der Waals surface area contributed by atoms with Crippen LogP contribution in [-0.4, -0.2) is 18.4 Å². The predicted molar refractivity (Wildman–Crippen MR) is 139 cm³/mol. The highest BCUT2D eigenvalue weighted by Gasteiger charge is 2.34. The minimum atomic E-state index is -0.310. The van der Waals surface area contributed by atoms with Crippen LogP contribution in [0.1, 0.15) is 48.0 Å². The Hall–Kier alpha value is -2.83. The van der Waals surface area contributed by atoms with Crippen LogP contribution in [0.15, 0.2) is 54.6 Å². The fourth-order valence-electron chi connectivity index (χ4n) is 4.21. The number of hydrogen-bond donors (Lipinski definition) is 2. The van der Waals surface area contributed by atoms with Gasteiger partial charge in [-0.05, 0) is 72.6 Å². The highest BCUT2D eigenvalue weighted by atomic mass is 35.5. The van der Waals surface area contributed by atoms with Crippen molar-refractivity contribution in [3.63, 3.8) is 0 Å². The molecule has 7 heteroatoms. The number of thiophene rings is 1. The number of ether oxygens (including phenoxy) is 1. The van der Waals surface area contributed by atoms with Crippen molar-refractivity contribution in [1.29, 1.82) is 0 Å². The van der Waals surface area contributed by atoms with Crippen LogP contribution in [0.2, 0.25) is 5.02 Å². The lowest BCUT2D eigenvalue weighted by Crippen LogP contribution is -2.27. The van der Waals surface area contributed by atoms with E-state index < -0.39 is 0 Å². The van der Waals surface area contributed by atoms with Gasteiger partial charge in [-0.1, -0.05) is 50.6 Å². The summed E-state index contributed by atoms with van der Waals surface area (Å²) in [5.74, 6) is 0.571. The molecule has 3 aromatic rings. The molecule has 1 aliphatic carbocycles. The molecule has 1 heterocycles. The normalized spacial score (nSPS) is 15.4. The van der Waals surface area contributed by atoms with E-state index in [4.69, 9.17) is 16.3 Å². The van der Waals surface area contributed by atoms with Crippen molar-refractivity contribution in [2.24, 2.45) is 11.3 Å². The second kappa shape index (κ2) is 10.2. The first-order valence-corrected chi connectivity index (χ1v) is 12.6. The summed E-state index contributed by atoms with van der Waals surface area (Å²) >= 11 is 7.41. The lowest BCUT2D eigenvalue weighted by molar-refractivity contribution is -0.118. The van der Waals surface area contributed by atoms with E-state index in [1.807, 2.05) is 30.3 Å². The molecule has 2 N–H and O–H groups in total. The second-order valence-electron chi connectivity index (χ2n) is 9.62. The molecule has 1 atom stereocenters. The van der Waals surface area contributed by atoms with E-state index in [9.17, 15) is 9.59 Å². The SMILES string of the molecule is CC(C)(C)C1CCc2c(sc(NC(=O)COc3ccc(Cl)cc3)c2C(=O)Nc2ccccc2)C1. The van der Waals surface area contributed by atoms with Crippen molar-refractivity contribution in [1.82, 2.24) is 0 Å². The average Bonchev–Trinajstić information content (AvgIpc) is 3.16. The zero-order valence-electron chi connectivity index (χ0n) is 19.6. The maximum atomic E-state index is 13.3. The van der Waals surface area contributed by atoms with Gasteiger partial charge in [-0.15, -0.1) is 11.3 Å². The van der Waals surface area contributed by atoms with Gasteiger partial charge >= 0.3 is 0 Å². The van der Waals surface area contributed by atoms with Crippen LogP contribution in [0.25, 0.3) is 0 Å². The topological polar surface area (TPSA) is 67.4 Å². The Balaban J connectivity index is 1.56. The summed E-state index contributed by atoms with van der Waals surface area (Å²) in [5.41, 5.74) is 2.52. The van der Waals surface area contributed by atoms with Crippen LogP contribution in [0.4, 0.5) is 10.7 Å². The quantitative estimate of drug-likeness (QED) is 0.393. The molecule has 0 saturated heterocycles. The van der Waals surface area contributed by atoms with Gasteiger partial charge in [-0.25, -0.2) is 0 Å². The number of para-hydroxylation sites is 1. The monoisotopic (exact) mass is 496 g/mol. The average molecular weight is 497 g/mol. The number of halogens is 1. The highest BCUT2D eigenvalue weighted by molar-refractivity contribution is 7.17. The Bertz CT molecular complexity index is 1170. The van der Waals surface area contributed by atoms with Crippen LogP contribution >= 0.6 is 22.9 Å². The molecule has 0 bridgehead atoms. The number of nitrogens with one attached hydrogen (secondary N) is 2. The summed E-state index contributed by atoms with van der Waals surface area (Å²) in [7, 11) is 0. The van der Waals surface area contributed by atoms with Crippen molar-refractivity contribution >= 4 is 45.4 Å². The zero-order valence-corrected chi connectivity index (χ0v) is 21.2. The summed E-state index contributed by atoms with van der Waals surface area (Å²) in [4.78, 5) is 27.3. The first-order chi connectivity index (χ1) is 16.2. The third kappa shape index (κ3) is 5.80. The van der Waals surface area contributed by atoms with E-state index in [1.54, 1.807) is 24.3 Å². The molecule has 178 valence electrons. The standard InChI is InChI=1S/C27H29ClN2O3S/c1-27(2,3)17-9-14-21-22(15-17)34-26(24(21)25(32)29-19-7-5-4-6-8-19)30-23(31)16-33-20-12-10-18(28)11-13-20/h4-8,10-13,17H,9,14-16H2,1-3H3,(H,29,32)(H,30,31). The van der Waals surface area contributed by atoms with Crippen LogP contribution in [-0.2, 0) is 17.6 Å². The highest BCUT2D eigenvalue weighted by Crippen LogP contribution is 2.44. The van der Waals surface area contributed by atoms with Crippen LogP contribution < -0.4 is 15.4 Å². The molecule has 0 spiro atoms. The van der Waals surface area contributed by atoms with Gasteiger partial charge in [0.1, 0.15) is 10.8 Å². The third-order valence-electron chi connectivity index (χ3n) is 6.19.